The van der Waals surface area contributed by atoms with Crippen molar-refractivity contribution in [2.75, 3.05) is 18.4 Å². The number of para-hydroxylation sites is 1. The first kappa shape index (κ1) is 11.7. The van der Waals surface area contributed by atoms with E-state index in [1.165, 1.54) is 4.90 Å². The van der Waals surface area contributed by atoms with E-state index in [1.807, 2.05) is 0 Å². The van der Waals surface area contributed by atoms with E-state index in [4.69, 9.17) is 11.6 Å². The summed E-state index contributed by atoms with van der Waals surface area (Å²) >= 11 is 5.89. The number of alkyl halides is 2. The topological polar surface area (TPSA) is 32.3 Å². The second-order valence-electron chi connectivity index (χ2n) is 4.93. The second-order valence-corrected chi connectivity index (χ2v) is 5.33. The number of nitrogens with one attached hydrogen (secondary N) is 1. The molecule has 2 aliphatic rings. The van der Waals surface area contributed by atoms with Crippen LogP contribution >= 0.6 is 11.6 Å². The minimum Gasteiger partial charge on any atom is -0.323 e. The quantitative estimate of drug-likeness (QED) is 0.836. The van der Waals surface area contributed by atoms with E-state index in [9.17, 15) is 13.6 Å². The third-order valence-corrected chi connectivity index (χ3v) is 3.93. The zero-order valence-electron chi connectivity index (χ0n) is 9.42. The van der Waals surface area contributed by atoms with Gasteiger partial charge in [-0.2, -0.15) is 0 Å². The second kappa shape index (κ2) is 3.57. The Balaban J connectivity index is 1.60. The average Bonchev–Trinajstić information content (AvgIpc) is 2.83. The Morgan fingerprint density at radius 3 is 2.50 bits per heavy atom. The molecule has 1 saturated heterocycles. The number of rotatable bonds is 1. The maximum absolute atomic E-state index is 13.0. The van der Waals surface area contributed by atoms with Crippen molar-refractivity contribution in [1.29, 1.82) is 0 Å². The molecule has 1 heterocycles. The lowest BCUT2D eigenvalue weighted by Gasteiger charge is -2.39. The Labute approximate surface area is 108 Å². The number of carbonyl (C=O) groups is 1. The van der Waals surface area contributed by atoms with Crippen molar-refractivity contribution in [2.24, 2.45) is 5.41 Å². The van der Waals surface area contributed by atoms with Crippen LogP contribution in [0.3, 0.4) is 0 Å². The number of carbonyl (C=O) groups excluding carboxylic acids is 1. The van der Waals surface area contributed by atoms with Crippen molar-refractivity contribution in [3.8, 4) is 0 Å². The predicted octanol–water partition coefficient (Wildman–Crippen LogP) is 3.21. The van der Waals surface area contributed by atoms with E-state index in [2.05, 4.69) is 5.32 Å². The van der Waals surface area contributed by atoms with E-state index in [-0.39, 0.29) is 25.5 Å². The number of halogens is 3. The molecule has 0 radical (unpaired) electrons. The van der Waals surface area contributed by atoms with Crippen LogP contribution in [-0.4, -0.2) is 29.9 Å². The van der Waals surface area contributed by atoms with E-state index in [0.29, 0.717) is 10.7 Å². The van der Waals surface area contributed by atoms with Gasteiger partial charge >= 0.3 is 6.03 Å². The Hall–Kier alpha value is -1.36. The van der Waals surface area contributed by atoms with Crippen molar-refractivity contribution < 1.29 is 13.6 Å². The Morgan fingerprint density at radius 1 is 1.33 bits per heavy atom. The number of nitrogens with zero attached hydrogens (tertiary/aromatic N) is 1. The summed E-state index contributed by atoms with van der Waals surface area (Å²) in [5, 5.41) is 3.04. The van der Waals surface area contributed by atoms with Crippen molar-refractivity contribution >= 4 is 23.3 Å². The summed E-state index contributed by atoms with van der Waals surface area (Å²) in [4.78, 5) is 13.2. The fourth-order valence-electron chi connectivity index (χ4n) is 2.31. The van der Waals surface area contributed by atoms with Gasteiger partial charge in [0.15, 0.2) is 0 Å². The van der Waals surface area contributed by atoms with E-state index >= 15 is 0 Å². The molecule has 2 fully saturated rings. The van der Waals surface area contributed by atoms with Gasteiger partial charge in [-0.1, -0.05) is 23.7 Å². The lowest BCUT2D eigenvalue weighted by molar-refractivity contribution is -0.00257. The first-order valence-electron chi connectivity index (χ1n) is 5.62. The minimum absolute atomic E-state index is 0.101. The molecule has 1 saturated carbocycles. The standard InChI is InChI=1S/C12H11ClF2N2O/c13-8-3-1-2-4-9(8)16-10(18)17-6-11(7-17)5-12(11,14)15/h1-4H,5-7H2,(H,16,18). The molecule has 0 atom stereocenters. The highest BCUT2D eigenvalue weighted by Crippen LogP contribution is 2.65. The minimum atomic E-state index is -2.59. The molecule has 1 spiro atoms. The third kappa shape index (κ3) is 1.65. The van der Waals surface area contributed by atoms with E-state index in [1.54, 1.807) is 24.3 Å². The molecule has 1 aliphatic carbocycles. The number of urea groups is 1. The molecular formula is C12H11ClF2N2O. The maximum atomic E-state index is 13.0. The van der Waals surface area contributed by atoms with Crippen LogP contribution in [0.2, 0.25) is 5.02 Å². The van der Waals surface area contributed by atoms with Gasteiger partial charge in [-0.25, -0.2) is 13.6 Å². The number of anilines is 1. The van der Waals surface area contributed by atoms with Crippen molar-refractivity contribution in [3.63, 3.8) is 0 Å². The number of benzene rings is 1. The maximum Gasteiger partial charge on any atom is 0.321 e. The zero-order chi connectivity index (χ0) is 13.0. The highest BCUT2D eigenvalue weighted by atomic mass is 35.5. The smallest absolute Gasteiger partial charge is 0.321 e. The molecule has 3 nitrogen and oxygen atoms in total. The van der Waals surface area contributed by atoms with Crippen LogP contribution in [0.25, 0.3) is 0 Å². The van der Waals surface area contributed by atoms with Gasteiger partial charge in [0.2, 0.25) is 0 Å². The van der Waals surface area contributed by atoms with E-state index in [0.717, 1.165) is 0 Å². The van der Waals surface area contributed by atoms with Gasteiger partial charge in [0.25, 0.3) is 5.92 Å². The summed E-state index contributed by atoms with van der Waals surface area (Å²) in [5.74, 6) is -2.59. The molecular weight excluding hydrogens is 262 g/mol. The Kier molecular flexibility index (Phi) is 2.32. The first-order chi connectivity index (χ1) is 8.44. The Bertz CT molecular complexity index is 515. The molecule has 18 heavy (non-hydrogen) atoms. The molecule has 0 bridgehead atoms. The van der Waals surface area contributed by atoms with Gasteiger partial charge in [0.1, 0.15) is 0 Å². The van der Waals surface area contributed by atoms with Crippen LogP contribution < -0.4 is 5.32 Å². The van der Waals surface area contributed by atoms with E-state index < -0.39 is 11.3 Å². The molecule has 1 aromatic carbocycles. The summed E-state index contributed by atoms with van der Waals surface area (Å²) in [7, 11) is 0. The van der Waals surface area contributed by atoms with Gasteiger partial charge in [-0.15, -0.1) is 0 Å². The number of hydrogen-bond donors (Lipinski definition) is 1. The largest absolute Gasteiger partial charge is 0.323 e. The molecule has 0 unspecified atom stereocenters. The van der Waals surface area contributed by atoms with Crippen LogP contribution in [-0.2, 0) is 0 Å². The molecule has 96 valence electrons. The summed E-state index contributed by atoms with van der Waals surface area (Å²) in [6.45, 7) is 0.243. The molecule has 1 aliphatic heterocycles. The highest BCUT2D eigenvalue weighted by molar-refractivity contribution is 6.33. The number of likely N-dealkylation sites (tertiary alicyclic amines) is 1. The average molecular weight is 273 g/mol. The highest BCUT2D eigenvalue weighted by Gasteiger charge is 2.76. The third-order valence-electron chi connectivity index (χ3n) is 3.60. The fraction of sp³-hybridized carbons (Fsp3) is 0.417. The zero-order valence-corrected chi connectivity index (χ0v) is 10.2. The van der Waals surface area contributed by atoms with Gasteiger partial charge in [0, 0.05) is 19.5 Å². The Morgan fingerprint density at radius 2 is 1.94 bits per heavy atom. The summed E-state index contributed by atoms with van der Waals surface area (Å²) in [5.41, 5.74) is -0.446. The van der Waals surface area contributed by atoms with Gasteiger partial charge in [-0.3, -0.25) is 0 Å². The fourth-order valence-corrected chi connectivity index (χ4v) is 2.49. The van der Waals surface area contributed by atoms with Crippen molar-refractivity contribution in [3.05, 3.63) is 29.3 Å². The van der Waals surface area contributed by atoms with Crippen LogP contribution in [0.15, 0.2) is 24.3 Å². The summed E-state index contributed by atoms with van der Waals surface area (Å²) in [6.07, 6.45) is -0.101. The van der Waals surface area contributed by atoms with Gasteiger partial charge in [0.05, 0.1) is 16.1 Å². The summed E-state index contributed by atoms with van der Waals surface area (Å²) in [6, 6.07) is 6.44. The van der Waals surface area contributed by atoms with Crippen molar-refractivity contribution in [2.45, 2.75) is 12.3 Å². The first-order valence-corrected chi connectivity index (χ1v) is 6.00. The molecule has 3 rings (SSSR count). The van der Waals surface area contributed by atoms with Crippen molar-refractivity contribution in [1.82, 2.24) is 4.90 Å². The van der Waals surface area contributed by atoms with Crippen LogP contribution in [0, 0.1) is 5.41 Å². The molecule has 1 N–H and O–H groups in total. The van der Waals surface area contributed by atoms with Gasteiger partial charge < -0.3 is 10.2 Å². The summed E-state index contributed by atoms with van der Waals surface area (Å²) < 4.78 is 26.0. The van der Waals surface area contributed by atoms with Crippen LogP contribution in [0.4, 0.5) is 19.3 Å². The molecule has 6 heteroatoms. The number of hydrogen-bond acceptors (Lipinski definition) is 1. The lowest BCUT2D eigenvalue weighted by atomic mass is 9.96. The lowest BCUT2D eigenvalue weighted by Crippen LogP contribution is -2.55. The number of amides is 2. The van der Waals surface area contributed by atoms with Crippen LogP contribution in [0.1, 0.15) is 6.42 Å². The predicted molar refractivity (Wildman–Crippen MR) is 64.0 cm³/mol. The molecule has 0 aromatic heterocycles. The normalized spacial score (nSPS) is 22.5. The molecule has 2 amide bonds. The molecule has 1 aromatic rings. The monoisotopic (exact) mass is 272 g/mol. The SMILES string of the molecule is O=C(Nc1ccccc1Cl)N1CC2(C1)CC2(F)F. The van der Waals surface area contributed by atoms with Gasteiger partial charge in [-0.05, 0) is 12.1 Å². The van der Waals surface area contributed by atoms with Crippen LogP contribution in [0.5, 0.6) is 0 Å².